The Kier molecular flexibility index (Phi) is 4.77. The molecule has 1 saturated heterocycles. The zero-order chi connectivity index (χ0) is 11.9. The highest BCUT2D eigenvalue weighted by atomic mass is 16.7. The predicted octanol–water partition coefficient (Wildman–Crippen LogP) is 3.46. The highest BCUT2D eigenvalue weighted by Gasteiger charge is 2.14. The standard InChI is InChI=1S/C15H20O2/c1-2-7-13-8-3-4-9-14(13)12-17-15-10-5-6-11-16-15/h2-4,8-9,15H,1,5-7,10-12H2. The van der Waals surface area contributed by atoms with Crippen molar-refractivity contribution in [1.82, 2.24) is 0 Å². The van der Waals surface area contributed by atoms with Crippen molar-refractivity contribution in [2.24, 2.45) is 0 Å². The summed E-state index contributed by atoms with van der Waals surface area (Å²) >= 11 is 0. The van der Waals surface area contributed by atoms with Gasteiger partial charge in [0.25, 0.3) is 0 Å². The highest BCUT2D eigenvalue weighted by Crippen LogP contribution is 2.17. The second kappa shape index (κ2) is 6.58. The zero-order valence-corrected chi connectivity index (χ0v) is 10.2. The third kappa shape index (κ3) is 3.69. The molecule has 1 aliphatic rings. The van der Waals surface area contributed by atoms with Crippen LogP contribution in [0.15, 0.2) is 36.9 Å². The molecule has 17 heavy (non-hydrogen) atoms. The van der Waals surface area contributed by atoms with Gasteiger partial charge in [0.05, 0.1) is 6.61 Å². The van der Waals surface area contributed by atoms with Crippen molar-refractivity contribution >= 4 is 0 Å². The normalized spacial score (nSPS) is 20.1. The summed E-state index contributed by atoms with van der Waals surface area (Å²) in [6.07, 6.45) is 6.19. The van der Waals surface area contributed by atoms with E-state index in [2.05, 4.69) is 24.8 Å². The second-order valence-corrected chi connectivity index (χ2v) is 4.37. The van der Waals surface area contributed by atoms with E-state index in [0.717, 1.165) is 25.9 Å². The number of hydrogen-bond acceptors (Lipinski definition) is 2. The van der Waals surface area contributed by atoms with Crippen molar-refractivity contribution < 1.29 is 9.47 Å². The van der Waals surface area contributed by atoms with E-state index in [9.17, 15) is 0 Å². The molecule has 0 bridgehead atoms. The fourth-order valence-electron chi connectivity index (χ4n) is 2.08. The van der Waals surface area contributed by atoms with Crippen LogP contribution in [-0.2, 0) is 22.5 Å². The van der Waals surface area contributed by atoms with Gasteiger partial charge in [-0.05, 0) is 36.8 Å². The van der Waals surface area contributed by atoms with Gasteiger partial charge in [0.2, 0.25) is 0 Å². The lowest BCUT2D eigenvalue weighted by atomic mass is 10.1. The van der Waals surface area contributed by atoms with Gasteiger partial charge in [-0.25, -0.2) is 0 Å². The maximum Gasteiger partial charge on any atom is 0.158 e. The molecule has 2 heteroatoms. The molecule has 1 atom stereocenters. The summed E-state index contributed by atoms with van der Waals surface area (Å²) in [5.74, 6) is 0. The Balaban J connectivity index is 1.90. The molecule has 0 saturated carbocycles. The maximum absolute atomic E-state index is 5.80. The van der Waals surface area contributed by atoms with Crippen molar-refractivity contribution in [1.29, 1.82) is 0 Å². The lowest BCUT2D eigenvalue weighted by Gasteiger charge is -2.23. The third-order valence-corrected chi connectivity index (χ3v) is 3.05. The summed E-state index contributed by atoms with van der Waals surface area (Å²) in [7, 11) is 0. The molecular weight excluding hydrogens is 212 g/mol. The van der Waals surface area contributed by atoms with Crippen LogP contribution in [0.4, 0.5) is 0 Å². The van der Waals surface area contributed by atoms with Gasteiger partial charge in [0, 0.05) is 6.61 Å². The van der Waals surface area contributed by atoms with Gasteiger partial charge >= 0.3 is 0 Å². The third-order valence-electron chi connectivity index (χ3n) is 3.05. The highest BCUT2D eigenvalue weighted by molar-refractivity contribution is 5.28. The monoisotopic (exact) mass is 232 g/mol. The number of allylic oxidation sites excluding steroid dienone is 1. The van der Waals surface area contributed by atoms with E-state index in [0.29, 0.717) is 6.61 Å². The number of rotatable bonds is 5. The largest absolute Gasteiger partial charge is 0.353 e. The minimum absolute atomic E-state index is 0.0134. The number of ether oxygens (including phenoxy) is 2. The first-order valence-electron chi connectivity index (χ1n) is 6.31. The SMILES string of the molecule is C=CCc1ccccc1COC1CCCCO1. The van der Waals surface area contributed by atoms with Gasteiger partial charge < -0.3 is 9.47 Å². The molecule has 0 aromatic heterocycles. The molecule has 0 radical (unpaired) electrons. The van der Waals surface area contributed by atoms with E-state index in [1.54, 1.807) is 0 Å². The maximum atomic E-state index is 5.80. The first-order chi connectivity index (χ1) is 8.40. The number of benzene rings is 1. The summed E-state index contributed by atoms with van der Waals surface area (Å²) < 4.78 is 11.4. The quantitative estimate of drug-likeness (QED) is 0.724. The molecule has 1 heterocycles. The molecular formula is C15H20O2. The van der Waals surface area contributed by atoms with Crippen molar-refractivity contribution in [2.75, 3.05) is 6.61 Å². The fourth-order valence-corrected chi connectivity index (χ4v) is 2.08. The first kappa shape index (κ1) is 12.3. The molecule has 1 aromatic rings. The van der Waals surface area contributed by atoms with Crippen molar-refractivity contribution in [3.8, 4) is 0 Å². The predicted molar refractivity (Wildman–Crippen MR) is 68.7 cm³/mol. The Hall–Kier alpha value is -1.12. The van der Waals surface area contributed by atoms with Crippen LogP contribution in [0.3, 0.4) is 0 Å². The van der Waals surface area contributed by atoms with Crippen LogP contribution in [-0.4, -0.2) is 12.9 Å². The Bertz CT molecular complexity index is 354. The zero-order valence-electron chi connectivity index (χ0n) is 10.2. The molecule has 0 aliphatic carbocycles. The van der Waals surface area contributed by atoms with Gasteiger partial charge in [0.15, 0.2) is 6.29 Å². The minimum atomic E-state index is -0.0134. The summed E-state index contributed by atoms with van der Waals surface area (Å²) in [6.45, 7) is 5.25. The second-order valence-electron chi connectivity index (χ2n) is 4.37. The van der Waals surface area contributed by atoms with Gasteiger partial charge in [-0.2, -0.15) is 0 Å². The Morgan fingerprint density at radius 2 is 2.12 bits per heavy atom. The van der Waals surface area contributed by atoms with Crippen LogP contribution in [0.25, 0.3) is 0 Å². The first-order valence-corrected chi connectivity index (χ1v) is 6.31. The van der Waals surface area contributed by atoms with E-state index in [4.69, 9.17) is 9.47 Å². The molecule has 1 fully saturated rings. The summed E-state index contributed by atoms with van der Waals surface area (Å²) in [6, 6.07) is 8.34. The van der Waals surface area contributed by atoms with E-state index < -0.39 is 0 Å². The van der Waals surface area contributed by atoms with Crippen LogP contribution < -0.4 is 0 Å². The van der Waals surface area contributed by atoms with Crippen molar-refractivity contribution in [3.63, 3.8) is 0 Å². The summed E-state index contributed by atoms with van der Waals surface area (Å²) in [5, 5.41) is 0. The van der Waals surface area contributed by atoms with Crippen LogP contribution in [0.1, 0.15) is 30.4 Å². The molecule has 1 aromatic carbocycles. The topological polar surface area (TPSA) is 18.5 Å². The average Bonchev–Trinajstić information content (AvgIpc) is 2.39. The molecule has 92 valence electrons. The molecule has 1 unspecified atom stereocenters. The van der Waals surface area contributed by atoms with Gasteiger partial charge in [-0.15, -0.1) is 6.58 Å². The molecule has 1 aliphatic heterocycles. The Labute approximate surface area is 103 Å². The van der Waals surface area contributed by atoms with Gasteiger partial charge in [-0.3, -0.25) is 0 Å². The van der Waals surface area contributed by atoms with Crippen LogP contribution in [0, 0.1) is 0 Å². The molecule has 2 rings (SSSR count). The van der Waals surface area contributed by atoms with Crippen LogP contribution in [0.2, 0.25) is 0 Å². The average molecular weight is 232 g/mol. The molecule has 0 amide bonds. The molecule has 0 spiro atoms. The van der Waals surface area contributed by atoms with E-state index in [1.807, 2.05) is 12.1 Å². The van der Waals surface area contributed by atoms with Crippen LogP contribution >= 0.6 is 0 Å². The lowest BCUT2D eigenvalue weighted by molar-refractivity contribution is -0.169. The lowest BCUT2D eigenvalue weighted by Crippen LogP contribution is -2.22. The van der Waals surface area contributed by atoms with E-state index >= 15 is 0 Å². The smallest absolute Gasteiger partial charge is 0.158 e. The molecule has 2 nitrogen and oxygen atoms in total. The van der Waals surface area contributed by atoms with Gasteiger partial charge in [-0.1, -0.05) is 30.3 Å². The number of hydrogen-bond donors (Lipinski definition) is 0. The van der Waals surface area contributed by atoms with Crippen LogP contribution in [0.5, 0.6) is 0 Å². The fraction of sp³-hybridized carbons (Fsp3) is 0.467. The van der Waals surface area contributed by atoms with E-state index in [-0.39, 0.29) is 6.29 Å². The summed E-state index contributed by atoms with van der Waals surface area (Å²) in [5.41, 5.74) is 2.53. The van der Waals surface area contributed by atoms with Crippen molar-refractivity contribution in [2.45, 2.75) is 38.6 Å². The van der Waals surface area contributed by atoms with Gasteiger partial charge in [0.1, 0.15) is 0 Å². The summed E-state index contributed by atoms with van der Waals surface area (Å²) in [4.78, 5) is 0. The minimum Gasteiger partial charge on any atom is -0.353 e. The Morgan fingerprint density at radius 1 is 1.29 bits per heavy atom. The van der Waals surface area contributed by atoms with Crippen molar-refractivity contribution in [3.05, 3.63) is 48.0 Å². The Morgan fingerprint density at radius 3 is 2.82 bits per heavy atom. The van der Waals surface area contributed by atoms with E-state index in [1.165, 1.54) is 17.5 Å². The molecule has 0 N–H and O–H groups in total.